The van der Waals surface area contributed by atoms with Crippen LogP contribution in [0.1, 0.15) is 63.7 Å². The van der Waals surface area contributed by atoms with Crippen molar-refractivity contribution in [2.24, 2.45) is 0 Å². The lowest BCUT2D eigenvalue weighted by Crippen LogP contribution is -2.29. The highest BCUT2D eigenvalue weighted by Gasteiger charge is 2.37. The molecule has 0 fully saturated rings. The second-order valence-corrected chi connectivity index (χ2v) is 12.8. The lowest BCUT2D eigenvalue weighted by molar-refractivity contribution is -0.137. The first-order valence-corrected chi connectivity index (χ1v) is 13.3. The van der Waals surface area contributed by atoms with E-state index in [4.69, 9.17) is 0 Å². The molecule has 0 aromatic heterocycles. The molecule has 0 spiro atoms. The highest BCUT2D eigenvalue weighted by molar-refractivity contribution is 7.91. The summed E-state index contributed by atoms with van der Waals surface area (Å²) in [6, 6.07) is 16.2. The molecule has 0 saturated carbocycles. The highest BCUT2D eigenvalue weighted by Crippen LogP contribution is 2.33. The number of halogens is 3. The van der Waals surface area contributed by atoms with Crippen LogP contribution in [0, 0.1) is 0 Å². The molecule has 1 heterocycles. The summed E-state index contributed by atoms with van der Waals surface area (Å²) >= 11 is 0. The molecule has 9 heteroatoms. The van der Waals surface area contributed by atoms with Gasteiger partial charge in [-0.25, -0.2) is 13.3 Å². The third-order valence-corrected chi connectivity index (χ3v) is 9.00. The summed E-state index contributed by atoms with van der Waals surface area (Å²) in [6.07, 6.45) is -3.30. The van der Waals surface area contributed by atoms with Gasteiger partial charge in [-0.15, -0.1) is 0 Å². The Morgan fingerprint density at radius 2 is 1.22 bits per heavy atom. The van der Waals surface area contributed by atoms with Gasteiger partial charge < -0.3 is 0 Å². The lowest BCUT2D eigenvalue weighted by atomic mass is 10.00. The zero-order valence-corrected chi connectivity index (χ0v) is 21.4. The minimum absolute atomic E-state index is 0.0345. The molecule has 4 rings (SSSR count). The lowest BCUT2D eigenvalue weighted by Gasteiger charge is -2.19. The van der Waals surface area contributed by atoms with Crippen molar-refractivity contribution in [3.8, 4) is 0 Å². The smallest absolute Gasteiger partial charge is 0.268 e. The maximum Gasteiger partial charge on any atom is 0.416 e. The van der Waals surface area contributed by atoms with Crippen LogP contribution in [0.4, 0.5) is 18.9 Å². The standard InChI is InChI=1S/C28H26F3NO4S/c1-27(2,3)37(35,36)17-20-8-5-18(6-9-20)4-7-19-10-15-23-24(16-19)26(34)32(25(23)33)22-13-11-21(12-14-22)28(29,30)31/h5-6,8-16H,4,7,17H2,1-3H3. The van der Waals surface area contributed by atoms with E-state index in [-0.39, 0.29) is 22.6 Å². The van der Waals surface area contributed by atoms with Crippen LogP contribution in [-0.2, 0) is 34.6 Å². The SMILES string of the molecule is CC(C)(C)S(=O)(=O)Cc1ccc(CCc2ccc3c(c2)C(=O)N(c2ccc(C(F)(F)F)cc2)C3=O)cc1. The number of alkyl halides is 3. The van der Waals surface area contributed by atoms with E-state index in [1.54, 1.807) is 51.1 Å². The van der Waals surface area contributed by atoms with Gasteiger partial charge in [0.1, 0.15) is 0 Å². The van der Waals surface area contributed by atoms with E-state index in [9.17, 15) is 31.2 Å². The van der Waals surface area contributed by atoms with Crippen LogP contribution in [-0.4, -0.2) is 25.0 Å². The van der Waals surface area contributed by atoms with Gasteiger partial charge in [0.25, 0.3) is 11.8 Å². The topological polar surface area (TPSA) is 71.5 Å². The molecule has 3 aromatic rings. The van der Waals surface area contributed by atoms with Crippen LogP contribution in [0.2, 0.25) is 0 Å². The molecule has 5 nitrogen and oxygen atoms in total. The van der Waals surface area contributed by atoms with Crippen molar-refractivity contribution in [3.05, 3.63) is 100 Å². The predicted octanol–water partition coefficient (Wildman–Crippen LogP) is 6.00. The van der Waals surface area contributed by atoms with Crippen LogP contribution in [0.3, 0.4) is 0 Å². The number of amides is 2. The van der Waals surface area contributed by atoms with Gasteiger partial charge in [0.15, 0.2) is 9.84 Å². The quantitative estimate of drug-likeness (QED) is 0.367. The van der Waals surface area contributed by atoms with Crippen LogP contribution in [0.5, 0.6) is 0 Å². The van der Waals surface area contributed by atoms with Gasteiger partial charge in [-0.1, -0.05) is 30.3 Å². The Labute approximate surface area is 213 Å². The second kappa shape index (κ2) is 9.45. The van der Waals surface area contributed by atoms with Crippen LogP contribution >= 0.6 is 0 Å². The molecule has 194 valence electrons. The van der Waals surface area contributed by atoms with E-state index in [1.165, 1.54) is 0 Å². The normalized spacial score (nSPS) is 14.3. The molecule has 2 amide bonds. The molecule has 0 aliphatic carbocycles. The van der Waals surface area contributed by atoms with Gasteiger partial charge >= 0.3 is 6.18 Å². The number of imide groups is 1. The summed E-state index contributed by atoms with van der Waals surface area (Å²) in [5.74, 6) is -1.19. The maximum absolute atomic E-state index is 13.0. The third kappa shape index (κ3) is 5.46. The monoisotopic (exact) mass is 529 g/mol. The maximum atomic E-state index is 13.0. The first-order chi connectivity index (χ1) is 17.2. The van der Waals surface area contributed by atoms with Crippen LogP contribution in [0.25, 0.3) is 0 Å². The molecule has 1 aliphatic heterocycles. The molecule has 3 aromatic carbocycles. The molecular weight excluding hydrogens is 503 g/mol. The van der Waals surface area contributed by atoms with Gasteiger partial charge in [-0.3, -0.25) is 9.59 Å². The Hall–Kier alpha value is -3.46. The molecule has 1 aliphatic rings. The number of hydrogen-bond donors (Lipinski definition) is 0. The Morgan fingerprint density at radius 3 is 1.78 bits per heavy atom. The summed E-state index contributed by atoms with van der Waals surface area (Å²) in [6.45, 7) is 5.02. The average molecular weight is 530 g/mol. The number of sulfone groups is 1. The number of nitrogens with zero attached hydrogens (tertiary/aromatic N) is 1. The van der Waals surface area contributed by atoms with Gasteiger partial charge in [-0.05, 0) is 86.7 Å². The Kier molecular flexibility index (Phi) is 6.79. The van der Waals surface area contributed by atoms with Crippen molar-refractivity contribution in [2.45, 2.75) is 50.3 Å². The van der Waals surface area contributed by atoms with Crippen molar-refractivity contribution >= 4 is 27.3 Å². The van der Waals surface area contributed by atoms with E-state index in [0.717, 1.165) is 40.3 Å². The van der Waals surface area contributed by atoms with Crippen molar-refractivity contribution in [1.82, 2.24) is 0 Å². The number of carbonyl (C=O) groups is 2. The molecular formula is C28H26F3NO4S. The molecule has 0 bridgehead atoms. The van der Waals surface area contributed by atoms with E-state index >= 15 is 0 Å². The van der Waals surface area contributed by atoms with Crippen molar-refractivity contribution in [3.63, 3.8) is 0 Å². The minimum atomic E-state index is -4.51. The van der Waals surface area contributed by atoms with E-state index < -0.39 is 38.1 Å². The van der Waals surface area contributed by atoms with Gasteiger partial charge in [0.2, 0.25) is 0 Å². The Balaban J connectivity index is 1.45. The predicted molar refractivity (Wildman–Crippen MR) is 135 cm³/mol. The van der Waals surface area contributed by atoms with Crippen molar-refractivity contribution in [2.75, 3.05) is 4.90 Å². The number of aryl methyl sites for hydroxylation is 2. The highest BCUT2D eigenvalue weighted by atomic mass is 32.2. The molecule has 37 heavy (non-hydrogen) atoms. The number of hydrogen-bond acceptors (Lipinski definition) is 4. The zero-order valence-electron chi connectivity index (χ0n) is 20.6. The summed E-state index contributed by atoms with van der Waals surface area (Å²) in [5, 5.41) is 0. The number of anilines is 1. The fourth-order valence-corrected chi connectivity index (χ4v) is 5.07. The van der Waals surface area contributed by atoms with Crippen molar-refractivity contribution < 1.29 is 31.2 Å². The van der Waals surface area contributed by atoms with Crippen LogP contribution < -0.4 is 4.90 Å². The number of rotatable bonds is 6. The van der Waals surface area contributed by atoms with Crippen LogP contribution in [0.15, 0.2) is 66.7 Å². The molecule has 0 atom stereocenters. The van der Waals surface area contributed by atoms with Gasteiger partial charge in [0, 0.05) is 0 Å². The zero-order chi connectivity index (χ0) is 27.2. The molecule has 0 unspecified atom stereocenters. The second-order valence-electron chi connectivity index (χ2n) is 10.1. The molecule has 0 N–H and O–H groups in total. The Bertz CT molecular complexity index is 1450. The number of fused-ring (bicyclic) bond motifs is 1. The number of carbonyl (C=O) groups excluding carboxylic acids is 2. The van der Waals surface area contributed by atoms with E-state index in [1.807, 2.05) is 12.1 Å². The largest absolute Gasteiger partial charge is 0.416 e. The number of benzene rings is 3. The summed E-state index contributed by atoms with van der Waals surface area (Å²) in [5.41, 5.74) is 2.17. The summed E-state index contributed by atoms with van der Waals surface area (Å²) in [7, 11) is -3.28. The summed E-state index contributed by atoms with van der Waals surface area (Å²) in [4.78, 5) is 26.7. The fourth-order valence-electron chi connectivity index (χ4n) is 4.00. The van der Waals surface area contributed by atoms with Gasteiger partial charge in [0.05, 0.1) is 32.9 Å². The minimum Gasteiger partial charge on any atom is -0.268 e. The average Bonchev–Trinajstić information content (AvgIpc) is 3.06. The molecule has 0 radical (unpaired) electrons. The summed E-state index contributed by atoms with van der Waals surface area (Å²) < 4.78 is 62.6. The first-order valence-electron chi connectivity index (χ1n) is 11.7. The van der Waals surface area contributed by atoms with Crippen molar-refractivity contribution in [1.29, 1.82) is 0 Å². The van der Waals surface area contributed by atoms with E-state index in [2.05, 4.69) is 0 Å². The molecule has 0 saturated heterocycles. The third-order valence-electron chi connectivity index (χ3n) is 6.42. The van der Waals surface area contributed by atoms with E-state index in [0.29, 0.717) is 18.4 Å². The fraction of sp³-hybridized carbons (Fsp3) is 0.286. The van der Waals surface area contributed by atoms with Gasteiger partial charge in [-0.2, -0.15) is 13.2 Å². The Morgan fingerprint density at radius 1 is 0.703 bits per heavy atom. The first kappa shape index (κ1) is 26.6.